The van der Waals surface area contributed by atoms with Gasteiger partial charge < -0.3 is 10.1 Å². The molecular weight excluding hydrogens is 251 g/mol. The van der Waals surface area contributed by atoms with Gasteiger partial charge in [0.2, 0.25) is 5.91 Å². The van der Waals surface area contributed by atoms with E-state index in [1.54, 1.807) is 0 Å². The van der Waals surface area contributed by atoms with E-state index in [0.717, 1.165) is 0 Å². The number of methoxy groups -OCH3 is 1. The third-order valence-electron chi connectivity index (χ3n) is 3.20. The fraction of sp³-hybridized carbons (Fsp3) is 0.818. The second-order valence-electron chi connectivity index (χ2n) is 4.38. The standard InChI is InChI=1S/C11H16F3NO3/c1-18-9(16)6-15-10(17)7-2-4-8(5-3-7)11(12,13)14/h7-8H,2-6H2,1H3,(H,15,17). The van der Waals surface area contributed by atoms with Crippen LogP contribution in [0.15, 0.2) is 0 Å². The molecule has 0 spiro atoms. The van der Waals surface area contributed by atoms with E-state index in [9.17, 15) is 22.8 Å². The van der Waals surface area contributed by atoms with Crippen LogP contribution < -0.4 is 5.32 Å². The molecule has 0 aromatic carbocycles. The average molecular weight is 267 g/mol. The number of amides is 1. The maximum absolute atomic E-state index is 12.4. The van der Waals surface area contributed by atoms with Gasteiger partial charge in [0, 0.05) is 5.92 Å². The van der Waals surface area contributed by atoms with Crippen LogP contribution in [0.25, 0.3) is 0 Å². The Labute approximate surface area is 103 Å². The average Bonchev–Trinajstić information content (AvgIpc) is 2.34. The normalized spacial score (nSPS) is 24.4. The molecule has 1 N–H and O–H groups in total. The van der Waals surface area contributed by atoms with Gasteiger partial charge in [0.25, 0.3) is 0 Å². The first-order chi connectivity index (χ1) is 8.34. The van der Waals surface area contributed by atoms with Gasteiger partial charge in [-0.15, -0.1) is 0 Å². The Balaban J connectivity index is 2.34. The molecule has 0 atom stereocenters. The summed E-state index contributed by atoms with van der Waals surface area (Å²) in [5.74, 6) is -2.69. The number of hydrogen-bond acceptors (Lipinski definition) is 3. The van der Waals surface area contributed by atoms with Crippen LogP contribution >= 0.6 is 0 Å². The van der Waals surface area contributed by atoms with Crippen molar-refractivity contribution >= 4 is 11.9 Å². The largest absolute Gasteiger partial charge is 0.468 e. The lowest BCUT2D eigenvalue weighted by atomic mass is 9.81. The van der Waals surface area contributed by atoms with Crippen molar-refractivity contribution in [1.82, 2.24) is 5.32 Å². The number of nitrogens with one attached hydrogen (secondary N) is 1. The first-order valence-electron chi connectivity index (χ1n) is 5.76. The SMILES string of the molecule is COC(=O)CNC(=O)C1CCC(C(F)(F)F)CC1. The number of alkyl halides is 3. The summed E-state index contributed by atoms with van der Waals surface area (Å²) in [7, 11) is 1.20. The molecule has 0 bridgehead atoms. The van der Waals surface area contributed by atoms with Crippen molar-refractivity contribution in [3.05, 3.63) is 0 Å². The van der Waals surface area contributed by atoms with Gasteiger partial charge in [-0.2, -0.15) is 13.2 Å². The Morgan fingerprint density at radius 2 is 1.78 bits per heavy atom. The first kappa shape index (κ1) is 14.8. The summed E-state index contributed by atoms with van der Waals surface area (Å²) in [5.41, 5.74) is 0. The van der Waals surface area contributed by atoms with Crippen LogP contribution in [0.3, 0.4) is 0 Å². The highest BCUT2D eigenvalue weighted by atomic mass is 19.4. The molecule has 1 amide bonds. The minimum Gasteiger partial charge on any atom is -0.468 e. The second-order valence-corrected chi connectivity index (χ2v) is 4.38. The van der Waals surface area contributed by atoms with Gasteiger partial charge in [-0.1, -0.05) is 0 Å². The monoisotopic (exact) mass is 267 g/mol. The molecule has 0 unspecified atom stereocenters. The summed E-state index contributed by atoms with van der Waals surface area (Å²) in [5, 5.41) is 2.36. The highest BCUT2D eigenvalue weighted by Gasteiger charge is 2.42. The van der Waals surface area contributed by atoms with Gasteiger partial charge in [-0.05, 0) is 25.7 Å². The van der Waals surface area contributed by atoms with Gasteiger partial charge in [0.05, 0.1) is 13.0 Å². The van der Waals surface area contributed by atoms with E-state index in [1.165, 1.54) is 7.11 Å². The molecule has 1 rings (SSSR count). The highest BCUT2D eigenvalue weighted by Crippen LogP contribution is 2.39. The number of carbonyl (C=O) groups excluding carboxylic acids is 2. The van der Waals surface area contributed by atoms with Crippen LogP contribution in [0.5, 0.6) is 0 Å². The molecule has 1 fully saturated rings. The molecule has 1 aliphatic rings. The zero-order valence-electron chi connectivity index (χ0n) is 10.0. The lowest BCUT2D eigenvalue weighted by molar-refractivity contribution is -0.184. The molecule has 1 aliphatic carbocycles. The van der Waals surface area contributed by atoms with Gasteiger partial charge in [0.15, 0.2) is 0 Å². The van der Waals surface area contributed by atoms with Crippen molar-refractivity contribution in [1.29, 1.82) is 0 Å². The van der Waals surface area contributed by atoms with E-state index in [-0.39, 0.29) is 38.1 Å². The fourth-order valence-electron chi connectivity index (χ4n) is 2.06. The van der Waals surface area contributed by atoms with E-state index < -0.39 is 24.0 Å². The Morgan fingerprint density at radius 3 is 2.22 bits per heavy atom. The van der Waals surface area contributed by atoms with Gasteiger partial charge >= 0.3 is 12.1 Å². The summed E-state index contributed by atoms with van der Waals surface area (Å²) in [6.45, 7) is -0.242. The molecule has 18 heavy (non-hydrogen) atoms. The van der Waals surface area contributed by atoms with Crippen molar-refractivity contribution in [3.8, 4) is 0 Å². The van der Waals surface area contributed by atoms with Crippen molar-refractivity contribution in [2.75, 3.05) is 13.7 Å². The Kier molecular flexibility index (Phi) is 4.98. The predicted octanol–water partition coefficient (Wildman–Crippen LogP) is 1.64. The fourth-order valence-corrected chi connectivity index (χ4v) is 2.06. The quantitative estimate of drug-likeness (QED) is 0.791. The number of carbonyl (C=O) groups is 2. The summed E-state index contributed by atoms with van der Waals surface area (Å²) in [6.07, 6.45) is -3.82. The maximum atomic E-state index is 12.4. The number of halogens is 3. The molecule has 7 heteroatoms. The molecule has 104 valence electrons. The Bertz CT molecular complexity index is 309. The molecule has 0 saturated heterocycles. The Morgan fingerprint density at radius 1 is 1.22 bits per heavy atom. The summed E-state index contributed by atoms with van der Waals surface area (Å²) < 4.78 is 41.6. The lowest BCUT2D eigenvalue weighted by Crippen LogP contribution is -2.38. The smallest absolute Gasteiger partial charge is 0.391 e. The number of ether oxygens (including phenoxy) is 1. The van der Waals surface area contributed by atoms with Crippen LogP contribution in [0, 0.1) is 11.8 Å². The van der Waals surface area contributed by atoms with E-state index in [1.807, 2.05) is 0 Å². The molecule has 0 heterocycles. The van der Waals surface area contributed by atoms with E-state index >= 15 is 0 Å². The third-order valence-corrected chi connectivity index (χ3v) is 3.20. The minimum atomic E-state index is -4.17. The molecule has 1 saturated carbocycles. The van der Waals surface area contributed by atoms with Crippen molar-refractivity contribution < 1.29 is 27.5 Å². The van der Waals surface area contributed by atoms with E-state index in [4.69, 9.17) is 0 Å². The maximum Gasteiger partial charge on any atom is 0.391 e. The van der Waals surface area contributed by atoms with Crippen molar-refractivity contribution in [2.24, 2.45) is 11.8 Å². The van der Waals surface area contributed by atoms with Crippen LogP contribution in [-0.2, 0) is 14.3 Å². The third kappa shape index (κ3) is 4.19. The van der Waals surface area contributed by atoms with Crippen molar-refractivity contribution in [3.63, 3.8) is 0 Å². The molecule has 4 nitrogen and oxygen atoms in total. The van der Waals surface area contributed by atoms with Crippen LogP contribution in [0.2, 0.25) is 0 Å². The zero-order valence-corrected chi connectivity index (χ0v) is 10.0. The minimum absolute atomic E-state index is 0.0280. The number of hydrogen-bond donors (Lipinski definition) is 1. The predicted molar refractivity (Wildman–Crippen MR) is 56.5 cm³/mol. The summed E-state index contributed by atoms with van der Waals surface area (Å²) >= 11 is 0. The van der Waals surface area contributed by atoms with Crippen LogP contribution in [-0.4, -0.2) is 31.7 Å². The van der Waals surface area contributed by atoms with Crippen LogP contribution in [0.4, 0.5) is 13.2 Å². The molecule has 0 radical (unpaired) electrons. The molecule has 0 aromatic rings. The van der Waals surface area contributed by atoms with Gasteiger partial charge in [-0.3, -0.25) is 9.59 Å². The summed E-state index contributed by atoms with van der Waals surface area (Å²) in [4.78, 5) is 22.4. The number of rotatable bonds is 3. The van der Waals surface area contributed by atoms with Crippen molar-refractivity contribution in [2.45, 2.75) is 31.9 Å². The van der Waals surface area contributed by atoms with Gasteiger partial charge in [0.1, 0.15) is 6.54 Å². The zero-order chi connectivity index (χ0) is 13.8. The Hall–Kier alpha value is -1.27. The van der Waals surface area contributed by atoms with E-state index in [0.29, 0.717) is 0 Å². The van der Waals surface area contributed by atoms with E-state index in [2.05, 4.69) is 10.1 Å². The second kappa shape index (κ2) is 6.06. The number of esters is 1. The first-order valence-corrected chi connectivity index (χ1v) is 5.76. The molecule has 0 aliphatic heterocycles. The van der Waals surface area contributed by atoms with Crippen LogP contribution in [0.1, 0.15) is 25.7 Å². The molecule has 0 aromatic heterocycles. The van der Waals surface area contributed by atoms with Gasteiger partial charge in [-0.25, -0.2) is 0 Å². The lowest BCUT2D eigenvalue weighted by Gasteiger charge is -2.28. The highest BCUT2D eigenvalue weighted by molar-refractivity contribution is 5.83. The summed E-state index contributed by atoms with van der Waals surface area (Å²) in [6, 6.07) is 0. The molecular formula is C11H16F3NO3. The topological polar surface area (TPSA) is 55.4 Å².